The van der Waals surface area contributed by atoms with Crippen LogP contribution in [0.25, 0.3) is 0 Å². The van der Waals surface area contributed by atoms with E-state index in [2.05, 4.69) is 0 Å². The topological polar surface area (TPSA) is 83.6 Å². The molecule has 1 rings (SSSR count). The third-order valence-electron chi connectivity index (χ3n) is 2.32. The summed E-state index contributed by atoms with van der Waals surface area (Å²) < 4.78 is 0. The molecule has 6 heteroatoms. The van der Waals surface area contributed by atoms with Crippen LogP contribution >= 0.6 is 11.6 Å². The number of hydrogen-bond donors (Lipinski definition) is 2. The summed E-state index contributed by atoms with van der Waals surface area (Å²) >= 11 is 5.85. The smallest absolute Gasteiger partial charge is 0.323 e. The number of anilines is 1. The molecule has 0 spiro atoms. The minimum Gasteiger partial charge on any atom is -0.480 e. The molecule has 1 aromatic carbocycles. The molecule has 1 amide bonds. The van der Waals surface area contributed by atoms with E-state index in [1.807, 2.05) is 0 Å². The Labute approximate surface area is 117 Å². The molecule has 0 unspecified atom stereocenters. The number of amides is 1. The molecule has 0 bridgehead atoms. The van der Waals surface area contributed by atoms with E-state index < -0.39 is 18.1 Å². The van der Waals surface area contributed by atoms with Gasteiger partial charge < -0.3 is 15.7 Å². The van der Waals surface area contributed by atoms with Crippen molar-refractivity contribution < 1.29 is 14.7 Å². The minimum absolute atomic E-state index is 0.0484. The van der Waals surface area contributed by atoms with Gasteiger partial charge in [-0.25, -0.2) is 0 Å². The maximum absolute atomic E-state index is 12.1. The number of halogens is 1. The zero-order chi connectivity index (χ0) is 14.6. The van der Waals surface area contributed by atoms with E-state index in [1.165, 1.54) is 4.90 Å². The van der Waals surface area contributed by atoms with Crippen molar-refractivity contribution in [1.82, 2.24) is 0 Å². The number of carboxylic acid groups (broad SMARTS) is 1. The Morgan fingerprint density at radius 3 is 2.53 bits per heavy atom. The number of nitrogens with two attached hydrogens (primary N) is 1. The van der Waals surface area contributed by atoms with Crippen molar-refractivity contribution in [3.05, 3.63) is 29.3 Å². The van der Waals surface area contributed by atoms with E-state index in [9.17, 15) is 9.59 Å². The molecular weight excluding hydrogens is 268 g/mol. The molecule has 3 N–H and O–H groups in total. The normalized spacial score (nSPS) is 11.2. The summed E-state index contributed by atoms with van der Waals surface area (Å²) in [7, 11) is 0. The number of carboxylic acids is 1. The first-order valence-electron chi connectivity index (χ1n) is 5.75. The van der Waals surface area contributed by atoms with Crippen LogP contribution in [-0.4, -0.2) is 29.1 Å². The second kappa shape index (κ2) is 6.04. The van der Waals surface area contributed by atoms with Crippen LogP contribution in [0.4, 0.5) is 5.69 Å². The Morgan fingerprint density at radius 1 is 1.42 bits per heavy atom. The molecule has 0 aliphatic carbocycles. The highest BCUT2D eigenvalue weighted by Gasteiger charge is 2.24. The summed E-state index contributed by atoms with van der Waals surface area (Å²) in [4.78, 5) is 24.2. The van der Waals surface area contributed by atoms with Crippen LogP contribution in [0.1, 0.15) is 20.3 Å². The Hall–Kier alpha value is -1.59. The van der Waals surface area contributed by atoms with Crippen molar-refractivity contribution >= 4 is 29.2 Å². The van der Waals surface area contributed by atoms with Crippen LogP contribution in [0.2, 0.25) is 5.02 Å². The molecule has 19 heavy (non-hydrogen) atoms. The van der Waals surface area contributed by atoms with Gasteiger partial charge in [-0.15, -0.1) is 0 Å². The standard InChI is InChI=1S/C13H17ClN2O3/c1-13(2,15)7-11(17)16(8-12(18)19)10-5-3-4-9(14)6-10/h3-6H,7-8,15H2,1-2H3,(H,18,19). The quantitative estimate of drug-likeness (QED) is 0.865. The van der Waals surface area contributed by atoms with Gasteiger partial charge in [0.25, 0.3) is 0 Å². The molecule has 0 saturated heterocycles. The molecule has 0 aliphatic heterocycles. The van der Waals surface area contributed by atoms with E-state index in [4.69, 9.17) is 22.4 Å². The van der Waals surface area contributed by atoms with Crippen LogP contribution in [0.5, 0.6) is 0 Å². The second-order valence-electron chi connectivity index (χ2n) is 5.02. The zero-order valence-corrected chi connectivity index (χ0v) is 11.6. The number of aliphatic carboxylic acids is 1. The number of carbonyl (C=O) groups is 2. The fraction of sp³-hybridized carbons (Fsp3) is 0.385. The van der Waals surface area contributed by atoms with E-state index in [0.717, 1.165) is 0 Å². The third kappa shape index (κ3) is 5.28. The van der Waals surface area contributed by atoms with Crippen molar-refractivity contribution in [1.29, 1.82) is 0 Å². The van der Waals surface area contributed by atoms with Gasteiger partial charge >= 0.3 is 5.97 Å². The lowest BCUT2D eigenvalue weighted by Crippen LogP contribution is -2.43. The monoisotopic (exact) mass is 284 g/mol. The Bertz CT molecular complexity index is 483. The van der Waals surface area contributed by atoms with Crippen molar-refractivity contribution in [2.75, 3.05) is 11.4 Å². The first-order chi connectivity index (χ1) is 8.69. The summed E-state index contributed by atoms with van der Waals surface area (Å²) in [6, 6.07) is 6.50. The number of benzene rings is 1. The van der Waals surface area contributed by atoms with Gasteiger partial charge in [0.1, 0.15) is 6.54 Å². The average Bonchev–Trinajstić information content (AvgIpc) is 2.23. The van der Waals surface area contributed by atoms with E-state index in [-0.39, 0.29) is 12.3 Å². The average molecular weight is 285 g/mol. The lowest BCUT2D eigenvalue weighted by molar-refractivity contribution is -0.136. The van der Waals surface area contributed by atoms with Gasteiger partial charge in [0.15, 0.2) is 0 Å². The Balaban J connectivity index is 3.01. The van der Waals surface area contributed by atoms with Crippen LogP contribution in [0.15, 0.2) is 24.3 Å². The van der Waals surface area contributed by atoms with E-state index in [0.29, 0.717) is 10.7 Å². The summed E-state index contributed by atoms with van der Waals surface area (Å²) in [5.74, 6) is -1.44. The molecule has 0 heterocycles. The van der Waals surface area contributed by atoms with Crippen molar-refractivity contribution in [3.63, 3.8) is 0 Å². The highest BCUT2D eigenvalue weighted by molar-refractivity contribution is 6.30. The molecule has 1 aromatic rings. The summed E-state index contributed by atoms with van der Waals surface area (Å²) in [6.07, 6.45) is 0.0484. The largest absolute Gasteiger partial charge is 0.480 e. The molecule has 0 atom stereocenters. The summed E-state index contributed by atoms with van der Waals surface area (Å²) in [5, 5.41) is 9.34. The van der Waals surface area contributed by atoms with Gasteiger partial charge in [0.2, 0.25) is 5.91 Å². The second-order valence-corrected chi connectivity index (χ2v) is 5.46. The first kappa shape index (κ1) is 15.5. The molecular formula is C13H17ClN2O3. The lowest BCUT2D eigenvalue weighted by Gasteiger charge is -2.25. The molecule has 0 aromatic heterocycles. The molecule has 5 nitrogen and oxygen atoms in total. The van der Waals surface area contributed by atoms with Crippen LogP contribution in [0.3, 0.4) is 0 Å². The van der Waals surface area contributed by atoms with Gasteiger partial charge in [0, 0.05) is 22.7 Å². The Kier molecular flexibility index (Phi) is 4.91. The fourth-order valence-corrected chi connectivity index (χ4v) is 1.77. The summed E-state index contributed by atoms with van der Waals surface area (Å²) in [6.45, 7) is 3.00. The number of nitrogens with zero attached hydrogens (tertiary/aromatic N) is 1. The van der Waals surface area contributed by atoms with Gasteiger partial charge in [-0.05, 0) is 32.0 Å². The van der Waals surface area contributed by atoms with E-state index >= 15 is 0 Å². The van der Waals surface area contributed by atoms with Crippen molar-refractivity contribution in [2.45, 2.75) is 25.8 Å². The highest BCUT2D eigenvalue weighted by Crippen LogP contribution is 2.21. The SMILES string of the molecule is CC(C)(N)CC(=O)N(CC(=O)O)c1cccc(Cl)c1. The maximum atomic E-state index is 12.1. The molecule has 104 valence electrons. The Morgan fingerprint density at radius 2 is 2.05 bits per heavy atom. The van der Waals surface area contributed by atoms with Crippen LogP contribution in [-0.2, 0) is 9.59 Å². The van der Waals surface area contributed by atoms with Gasteiger partial charge in [0.05, 0.1) is 0 Å². The lowest BCUT2D eigenvalue weighted by atomic mass is 10.0. The van der Waals surface area contributed by atoms with Crippen LogP contribution < -0.4 is 10.6 Å². The van der Waals surface area contributed by atoms with Crippen LogP contribution in [0, 0.1) is 0 Å². The predicted octanol–water partition coefficient (Wildman–Crippen LogP) is 1.88. The molecule has 0 radical (unpaired) electrons. The highest BCUT2D eigenvalue weighted by atomic mass is 35.5. The zero-order valence-electron chi connectivity index (χ0n) is 10.9. The van der Waals surface area contributed by atoms with Gasteiger partial charge in [-0.2, -0.15) is 0 Å². The fourth-order valence-electron chi connectivity index (χ4n) is 1.59. The van der Waals surface area contributed by atoms with Gasteiger partial charge in [-0.1, -0.05) is 17.7 Å². The van der Waals surface area contributed by atoms with Gasteiger partial charge in [-0.3, -0.25) is 9.59 Å². The number of rotatable bonds is 5. The summed E-state index contributed by atoms with van der Waals surface area (Å²) in [5.41, 5.74) is 5.54. The minimum atomic E-state index is -1.09. The molecule has 0 fully saturated rings. The molecule has 0 aliphatic rings. The van der Waals surface area contributed by atoms with E-state index in [1.54, 1.807) is 38.1 Å². The molecule has 0 saturated carbocycles. The maximum Gasteiger partial charge on any atom is 0.323 e. The van der Waals surface area contributed by atoms with Crippen molar-refractivity contribution in [2.24, 2.45) is 5.73 Å². The third-order valence-corrected chi connectivity index (χ3v) is 2.56. The predicted molar refractivity (Wildman–Crippen MR) is 74.3 cm³/mol. The number of carbonyl (C=O) groups excluding carboxylic acids is 1. The van der Waals surface area contributed by atoms with Crippen molar-refractivity contribution in [3.8, 4) is 0 Å². The number of hydrogen-bond acceptors (Lipinski definition) is 3. The first-order valence-corrected chi connectivity index (χ1v) is 6.13.